The highest BCUT2D eigenvalue weighted by molar-refractivity contribution is 9.10. The third-order valence-corrected chi connectivity index (χ3v) is 5.84. The van der Waals surface area contributed by atoms with Gasteiger partial charge >= 0.3 is 11.9 Å². The number of carboxylic acid groups (broad SMARTS) is 1. The van der Waals surface area contributed by atoms with Gasteiger partial charge in [0, 0.05) is 0 Å². The molecule has 0 rings (SSSR count). The second kappa shape index (κ2) is 17.1. The molecule has 0 amide bonds. The fourth-order valence-corrected chi connectivity index (χ4v) is 3.90. The van der Waals surface area contributed by atoms with E-state index in [0.29, 0.717) is 11.0 Å². The van der Waals surface area contributed by atoms with Crippen molar-refractivity contribution in [2.75, 3.05) is 27.7 Å². The third kappa shape index (κ3) is 19.1. The fourth-order valence-electron chi connectivity index (χ4n) is 3.47. The van der Waals surface area contributed by atoms with Gasteiger partial charge in [-0.25, -0.2) is 0 Å². The first kappa shape index (κ1) is 28.4. The van der Waals surface area contributed by atoms with Crippen LogP contribution in [0.3, 0.4) is 0 Å². The molecule has 0 radical (unpaired) electrons. The summed E-state index contributed by atoms with van der Waals surface area (Å²) in [5.41, 5.74) is 0. The van der Waals surface area contributed by atoms with Crippen LogP contribution in [0.25, 0.3) is 0 Å². The van der Waals surface area contributed by atoms with Crippen molar-refractivity contribution < 1.29 is 23.9 Å². The summed E-state index contributed by atoms with van der Waals surface area (Å²) in [5.74, 6) is -1.28. The van der Waals surface area contributed by atoms with E-state index in [1.807, 2.05) is 21.1 Å². The molecule has 172 valence electrons. The van der Waals surface area contributed by atoms with Gasteiger partial charge in [0.1, 0.15) is 11.4 Å². The average molecular weight is 480 g/mol. The van der Waals surface area contributed by atoms with Crippen LogP contribution in [0, 0.1) is 0 Å². The van der Waals surface area contributed by atoms with Crippen LogP contribution >= 0.6 is 15.9 Å². The zero-order valence-corrected chi connectivity index (χ0v) is 20.8. The van der Waals surface area contributed by atoms with Crippen LogP contribution in [0.4, 0.5) is 0 Å². The number of hydrogen-bond acceptors (Lipinski definition) is 3. The van der Waals surface area contributed by atoms with Crippen LogP contribution in [0.15, 0.2) is 0 Å². The lowest BCUT2D eigenvalue weighted by molar-refractivity contribution is -0.873. The quantitative estimate of drug-likeness (QED) is 0.108. The molecule has 2 unspecified atom stereocenters. The normalized spacial score (nSPS) is 13.8. The molecule has 0 spiro atoms. The number of alkyl halides is 1. The highest BCUT2D eigenvalue weighted by Gasteiger charge is 2.27. The Morgan fingerprint density at radius 2 is 1.31 bits per heavy atom. The molecule has 29 heavy (non-hydrogen) atoms. The lowest BCUT2D eigenvalue weighted by atomic mass is 10.0. The number of hydrogen-bond donors (Lipinski definition) is 1. The first-order chi connectivity index (χ1) is 13.7. The molecule has 0 fully saturated rings. The standard InChI is InChI=1S/C23H44BrNO4/c1-5-6-7-8-9-10-11-12-13-14-15-16-17-21(24)23(28)29-20(18-22(26)27)19-25(2,3)4/h20-21H,5-19H2,1-4H3/p+1. The van der Waals surface area contributed by atoms with Crippen molar-refractivity contribution in [2.45, 2.75) is 108 Å². The molecular weight excluding hydrogens is 434 g/mol. The molecule has 0 aliphatic rings. The molecule has 0 aromatic rings. The van der Waals surface area contributed by atoms with Gasteiger partial charge in [-0.2, -0.15) is 0 Å². The summed E-state index contributed by atoms with van der Waals surface area (Å²) in [6.07, 6.45) is 15.5. The summed E-state index contributed by atoms with van der Waals surface area (Å²) in [5, 5.41) is 9.05. The van der Waals surface area contributed by atoms with E-state index in [-0.39, 0.29) is 17.2 Å². The summed E-state index contributed by atoms with van der Waals surface area (Å²) in [4.78, 5) is 23.0. The van der Waals surface area contributed by atoms with Gasteiger partial charge in [0.25, 0.3) is 0 Å². The van der Waals surface area contributed by atoms with Crippen molar-refractivity contribution >= 4 is 27.9 Å². The Hall–Kier alpha value is -0.620. The van der Waals surface area contributed by atoms with E-state index < -0.39 is 12.1 Å². The monoisotopic (exact) mass is 478 g/mol. The summed E-state index contributed by atoms with van der Waals surface area (Å²) >= 11 is 3.42. The van der Waals surface area contributed by atoms with Crippen molar-refractivity contribution in [3.05, 3.63) is 0 Å². The maximum Gasteiger partial charge on any atom is 0.320 e. The van der Waals surface area contributed by atoms with Gasteiger partial charge in [0.2, 0.25) is 0 Å². The zero-order valence-electron chi connectivity index (χ0n) is 19.3. The van der Waals surface area contributed by atoms with Gasteiger partial charge in [-0.1, -0.05) is 99.9 Å². The summed E-state index contributed by atoms with van der Waals surface area (Å²) in [6.45, 7) is 2.74. The first-order valence-electron chi connectivity index (χ1n) is 11.5. The van der Waals surface area contributed by atoms with Gasteiger partial charge in [-0.3, -0.25) is 9.59 Å². The number of quaternary nitrogens is 1. The number of aliphatic carboxylic acids is 1. The molecule has 0 saturated carbocycles. The Morgan fingerprint density at radius 1 is 0.862 bits per heavy atom. The maximum absolute atomic E-state index is 12.3. The minimum absolute atomic E-state index is 0.153. The number of esters is 1. The lowest BCUT2D eigenvalue weighted by Crippen LogP contribution is -2.44. The lowest BCUT2D eigenvalue weighted by Gasteiger charge is -2.28. The third-order valence-electron chi connectivity index (χ3n) is 5.00. The molecular formula is C23H45BrNO4+. The zero-order chi connectivity index (χ0) is 22.1. The van der Waals surface area contributed by atoms with Crippen LogP contribution in [0.5, 0.6) is 0 Å². The number of nitrogens with zero attached hydrogens (tertiary/aromatic N) is 1. The molecule has 0 aromatic heterocycles. The van der Waals surface area contributed by atoms with Crippen LogP contribution in [0.2, 0.25) is 0 Å². The Labute approximate surface area is 187 Å². The minimum atomic E-state index is -0.941. The smallest absolute Gasteiger partial charge is 0.320 e. The van der Waals surface area contributed by atoms with Gasteiger partial charge in [-0.05, 0) is 6.42 Å². The molecule has 0 aliphatic heterocycles. The van der Waals surface area contributed by atoms with E-state index in [1.54, 1.807) is 0 Å². The van der Waals surface area contributed by atoms with E-state index in [4.69, 9.17) is 9.84 Å². The number of carboxylic acids is 1. The van der Waals surface area contributed by atoms with Gasteiger partial charge in [0.15, 0.2) is 6.10 Å². The Balaban J connectivity index is 3.83. The fraction of sp³-hybridized carbons (Fsp3) is 0.913. The average Bonchev–Trinajstić information content (AvgIpc) is 2.60. The molecule has 0 bridgehead atoms. The molecule has 1 N–H and O–H groups in total. The molecule has 5 nitrogen and oxygen atoms in total. The van der Waals surface area contributed by atoms with E-state index in [0.717, 1.165) is 19.3 Å². The Bertz CT molecular complexity index is 437. The van der Waals surface area contributed by atoms with Crippen LogP contribution < -0.4 is 0 Å². The van der Waals surface area contributed by atoms with Crippen molar-refractivity contribution in [3.8, 4) is 0 Å². The van der Waals surface area contributed by atoms with Crippen LogP contribution in [-0.2, 0) is 14.3 Å². The first-order valence-corrected chi connectivity index (χ1v) is 12.4. The predicted octanol–water partition coefficient (Wildman–Crippen LogP) is 5.93. The van der Waals surface area contributed by atoms with Crippen molar-refractivity contribution in [1.82, 2.24) is 0 Å². The van der Waals surface area contributed by atoms with E-state index in [1.165, 1.54) is 64.2 Å². The molecule has 6 heteroatoms. The van der Waals surface area contributed by atoms with Gasteiger partial charge in [-0.15, -0.1) is 0 Å². The van der Waals surface area contributed by atoms with E-state index >= 15 is 0 Å². The van der Waals surface area contributed by atoms with Crippen LogP contribution in [-0.4, -0.2) is 60.1 Å². The van der Waals surface area contributed by atoms with Gasteiger partial charge < -0.3 is 14.3 Å². The highest BCUT2D eigenvalue weighted by Crippen LogP contribution is 2.17. The number of carbonyl (C=O) groups is 2. The number of carbonyl (C=O) groups excluding carboxylic acids is 1. The highest BCUT2D eigenvalue weighted by atomic mass is 79.9. The molecule has 0 aliphatic carbocycles. The largest absolute Gasteiger partial charge is 0.481 e. The summed E-state index contributed by atoms with van der Waals surface area (Å²) in [7, 11) is 5.88. The molecule has 0 heterocycles. The van der Waals surface area contributed by atoms with E-state index in [2.05, 4.69) is 22.9 Å². The van der Waals surface area contributed by atoms with Crippen molar-refractivity contribution in [2.24, 2.45) is 0 Å². The number of halogens is 1. The minimum Gasteiger partial charge on any atom is -0.481 e. The second-order valence-corrected chi connectivity index (χ2v) is 10.4. The van der Waals surface area contributed by atoms with Crippen molar-refractivity contribution in [1.29, 1.82) is 0 Å². The number of ether oxygens (including phenoxy) is 1. The van der Waals surface area contributed by atoms with E-state index in [9.17, 15) is 9.59 Å². The maximum atomic E-state index is 12.3. The molecule has 2 atom stereocenters. The topological polar surface area (TPSA) is 63.6 Å². The molecule has 0 saturated heterocycles. The Morgan fingerprint density at radius 3 is 1.72 bits per heavy atom. The second-order valence-electron chi connectivity index (χ2n) is 9.27. The summed E-state index contributed by atoms with van der Waals surface area (Å²) < 4.78 is 6.03. The number of likely N-dealkylation sites (N-methyl/N-ethyl adjacent to an activating group) is 1. The van der Waals surface area contributed by atoms with Gasteiger partial charge in [0.05, 0.1) is 27.6 Å². The predicted molar refractivity (Wildman–Crippen MR) is 123 cm³/mol. The van der Waals surface area contributed by atoms with Crippen LogP contribution in [0.1, 0.15) is 96.8 Å². The SMILES string of the molecule is CCCCCCCCCCCCCCC(Br)C(=O)OC(CC(=O)O)C[N+](C)(C)C. The van der Waals surface area contributed by atoms with Crippen molar-refractivity contribution in [3.63, 3.8) is 0 Å². The number of rotatable bonds is 19. The number of unbranched alkanes of at least 4 members (excludes halogenated alkanes) is 11. The Kier molecular flexibility index (Phi) is 16.7. The summed E-state index contributed by atoms with van der Waals surface area (Å²) in [6, 6.07) is 0. The molecule has 0 aromatic carbocycles.